The van der Waals surface area contributed by atoms with Crippen LogP contribution in [0.3, 0.4) is 0 Å². The zero-order valence-electron chi connectivity index (χ0n) is 13.0. The minimum absolute atomic E-state index is 0.292. The van der Waals surface area contributed by atoms with Crippen LogP contribution in [-0.4, -0.2) is 28.7 Å². The minimum Gasteiger partial charge on any atom is -0.494 e. The van der Waals surface area contributed by atoms with Crippen LogP contribution in [-0.2, 0) is 0 Å². The van der Waals surface area contributed by atoms with Crippen molar-refractivity contribution in [1.29, 1.82) is 0 Å². The lowest BCUT2D eigenvalue weighted by Crippen LogP contribution is -2.17. The number of hydrogen-bond acceptors (Lipinski definition) is 4. The number of imidazole rings is 1. The molecule has 0 spiro atoms. The van der Waals surface area contributed by atoms with Gasteiger partial charge in [0.05, 0.1) is 23.9 Å². The third-order valence-corrected chi connectivity index (χ3v) is 3.55. The molecular formula is C17H16N4O2S. The molecule has 0 atom stereocenters. The van der Waals surface area contributed by atoms with Gasteiger partial charge >= 0.3 is 0 Å². The fourth-order valence-electron chi connectivity index (χ4n) is 2.22. The molecule has 3 aromatic rings. The normalized spacial score (nSPS) is 11.0. The fraction of sp³-hybridized carbons (Fsp3) is 0.118. The summed E-state index contributed by atoms with van der Waals surface area (Å²) in [7, 11) is 0. The monoisotopic (exact) mass is 340 g/mol. The number of amides is 1. The molecule has 24 heavy (non-hydrogen) atoms. The highest BCUT2D eigenvalue weighted by Gasteiger charge is 2.06. The Balaban J connectivity index is 1.66. The first kappa shape index (κ1) is 15.9. The first-order chi connectivity index (χ1) is 11.7. The second-order valence-electron chi connectivity index (χ2n) is 5.04. The topological polar surface area (TPSA) is 82.3 Å². The van der Waals surface area contributed by atoms with E-state index in [1.54, 1.807) is 24.4 Å². The highest BCUT2D eigenvalue weighted by atomic mass is 32.1. The van der Waals surface area contributed by atoms with Crippen molar-refractivity contribution in [2.45, 2.75) is 6.92 Å². The van der Waals surface area contributed by atoms with Gasteiger partial charge in [0, 0.05) is 5.56 Å². The molecule has 2 aromatic carbocycles. The maximum atomic E-state index is 12.1. The lowest BCUT2D eigenvalue weighted by atomic mass is 10.2. The van der Waals surface area contributed by atoms with Gasteiger partial charge in [0.1, 0.15) is 5.75 Å². The predicted octanol–water partition coefficient (Wildman–Crippen LogP) is 3.39. The molecule has 0 fully saturated rings. The van der Waals surface area contributed by atoms with Gasteiger partial charge in [-0.3, -0.25) is 4.79 Å². The molecule has 0 aliphatic carbocycles. The van der Waals surface area contributed by atoms with E-state index in [4.69, 9.17) is 17.0 Å². The van der Waals surface area contributed by atoms with Gasteiger partial charge in [-0.05, 0) is 67.2 Å². The second-order valence-corrected chi connectivity index (χ2v) is 5.45. The van der Waals surface area contributed by atoms with Gasteiger partial charge in [-0.1, -0.05) is 0 Å². The first-order valence-electron chi connectivity index (χ1n) is 7.44. The average molecular weight is 340 g/mol. The number of ether oxygens (including phenoxy) is 1. The molecule has 0 bridgehead atoms. The predicted molar refractivity (Wildman–Crippen MR) is 96.2 cm³/mol. The van der Waals surface area contributed by atoms with Gasteiger partial charge in [-0.2, -0.15) is 5.10 Å². The zero-order valence-corrected chi connectivity index (χ0v) is 13.8. The number of hydrazone groups is 1. The Morgan fingerprint density at radius 3 is 2.71 bits per heavy atom. The van der Waals surface area contributed by atoms with Crippen LogP contribution in [0.1, 0.15) is 22.8 Å². The summed E-state index contributed by atoms with van der Waals surface area (Å²) in [6.07, 6.45) is 1.58. The van der Waals surface area contributed by atoms with Gasteiger partial charge in [0.2, 0.25) is 0 Å². The highest BCUT2D eigenvalue weighted by molar-refractivity contribution is 7.71. The molecule has 0 radical (unpaired) electrons. The molecule has 0 saturated carbocycles. The number of aromatic amines is 2. The van der Waals surface area contributed by atoms with Gasteiger partial charge < -0.3 is 14.7 Å². The van der Waals surface area contributed by atoms with E-state index >= 15 is 0 Å². The van der Waals surface area contributed by atoms with Crippen molar-refractivity contribution in [2.24, 2.45) is 5.10 Å². The number of H-pyrrole nitrogens is 2. The van der Waals surface area contributed by atoms with Crippen molar-refractivity contribution in [2.75, 3.05) is 6.61 Å². The molecule has 0 saturated heterocycles. The molecule has 6 nitrogen and oxygen atoms in total. The largest absolute Gasteiger partial charge is 0.494 e. The highest BCUT2D eigenvalue weighted by Crippen LogP contribution is 2.13. The molecule has 1 heterocycles. The van der Waals surface area contributed by atoms with Gasteiger partial charge in [-0.15, -0.1) is 0 Å². The summed E-state index contributed by atoms with van der Waals surface area (Å²) in [5.41, 5.74) is 5.51. The van der Waals surface area contributed by atoms with E-state index in [1.807, 2.05) is 31.2 Å². The van der Waals surface area contributed by atoms with E-state index in [1.165, 1.54) is 0 Å². The fourth-order valence-corrected chi connectivity index (χ4v) is 2.44. The van der Waals surface area contributed by atoms with Crippen molar-refractivity contribution >= 4 is 35.4 Å². The zero-order chi connectivity index (χ0) is 16.9. The van der Waals surface area contributed by atoms with Crippen molar-refractivity contribution in [3.63, 3.8) is 0 Å². The van der Waals surface area contributed by atoms with Crippen LogP contribution in [0, 0.1) is 4.77 Å². The molecule has 0 aliphatic heterocycles. The van der Waals surface area contributed by atoms with Crippen molar-refractivity contribution in [1.82, 2.24) is 15.4 Å². The van der Waals surface area contributed by atoms with Crippen LogP contribution in [0.4, 0.5) is 0 Å². The van der Waals surface area contributed by atoms with Crippen LogP contribution in [0.15, 0.2) is 47.6 Å². The molecule has 3 N–H and O–H groups in total. The van der Waals surface area contributed by atoms with Gasteiger partial charge in [-0.25, -0.2) is 5.43 Å². The van der Waals surface area contributed by atoms with Crippen molar-refractivity contribution in [3.8, 4) is 5.75 Å². The SMILES string of the molecule is CCOc1ccc(/C=N\NC(=O)c2ccc3[nH]c(=S)[nH]c3c2)cc1. The number of carbonyl (C=O) groups excluding carboxylic acids is 1. The lowest BCUT2D eigenvalue weighted by Gasteiger charge is -2.02. The number of aromatic nitrogens is 2. The first-order valence-corrected chi connectivity index (χ1v) is 7.85. The summed E-state index contributed by atoms with van der Waals surface area (Å²) in [5.74, 6) is 0.510. The molecule has 1 amide bonds. The Bertz CT molecular complexity index is 941. The Hall–Kier alpha value is -2.93. The second kappa shape index (κ2) is 7.10. The standard InChI is InChI=1S/C17H16N4O2S/c1-2-23-13-6-3-11(4-7-13)10-18-21-16(22)12-5-8-14-15(9-12)20-17(24)19-14/h3-10H,2H2,1H3,(H,21,22)(H2,19,20,24)/b18-10-. The van der Waals surface area contributed by atoms with E-state index in [2.05, 4.69) is 20.5 Å². The molecule has 7 heteroatoms. The van der Waals surface area contributed by atoms with Crippen molar-refractivity contribution in [3.05, 3.63) is 58.4 Å². The Morgan fingerprint density at radius 2 is 1.96 bits per heavy atom. The summed E-state index contributed by atoms with van der Waals surface area (Å²) >= 11 is 5.03. The average Bonchev–Trinajstić information content (AvgIpc) is 2.95. The maximum Gasteiger partial charge on any atom is 0.271 e. The van der Waals surface area contributed by atoms with Crippen LogP contribution >= 0.6 is 12.2 Å². The lowest BCUT2D eigenvalue weighted by molar-refractivity contribution is 0.0955. The van der Waals surface area contributed by atoms with E-state index in [9.17, 15) is 4.79 Å². The van der Waals surface area contributed by atoms with Crippen LogP contribution in [0.2, 0.25) is 0 Å². The van der Waals surface area contributed by atoms with Crippen LogP contribution in [0.25, 0.3) is 11.0 Å². The number of fused-ring (bicyclic) bond motifs is 1. The van der Waals surface area contributed by atoms with Crippen LogP contribution < -0.4 is 10.2 Å². The van der Waals surface area contributed by atoms with E-state index < -0.39 is 0 Å². The molecule has 0 aliphatic rings. The maximum absolute atomic E-state index is 12.1. The molecule has 1 aromatic heterocycles. The summed E-state index contributed by atoms with van der Waals surface area (Å²) in [5, 5.41) is 3.97. The Labute approximate surface area is 143 Å². The van der Waals surface area contributed by atoms with E-state index in [0.717, 1.165) is 22.3 Å². The smallest absolute Gasteiger partial charge is 0.271 e. The molecular weight excluding hydrogens is 324 g/mol. The Morgan fingerprint density at radius 1 is 1.21 bits per heavy atom. The van der Waals surface area contributed by atoms with Crippen LogP contribution in [0.5, 0.6) is 5.75 Å². The quantitative estimate of drug-likeness (QED) is 0.378. The summed E-state index contributed by atoms with van der Waals surface area (Å²) in [6.45, 7) is 2.56. The number of benzene rings is 2. The number of nitrogens with zero attached hydrogens (tertiary/aromatic N) is 1. The number of rotatable bonds is 5. The number of nitrogens with one attached hydrogen (secondary N) is 3. The summed E-state index contributed by atoms with van der Waals surface area (Å²) in [6, 6.07) is 12.7. The molecule has 122 valence electrons. The summed E-state index contributed by atoms with van der Waals surface area (Å²) in [4.78, 5) is 18.1. The van der Waals surface area contributed by atoms with Gasteiger partial charge in [0.15, 0.2) is 4.77 Å². The third kappa shape index (κ3) is 3.69. The van der Waals surface area contributed by atoms with Gasteiger partial charge in [0.25, 0.3) is 5.91 Å². The minimum atomic E-state index is -0.292. The molecule has 3 rings (SSSR count). The number of carbonyl (C=O) groups is 1. The molecule has 0 unspecified atom stereocenters. The third-order valence-electron chi connectivity index (χ3n) is 3.35. The van der Waals surface area contributed by atoms with Crippen molar-refractivity contribution < 1.29 is 9.53 Å². The number of hydrogen-bond donors (Lipinski definition) is 3. The van der Waals surface area contributed by atoms with E-state index in [0.29, 0.717) is 16.9 Å². The Kier molecular flexibility index (Phi) is 4.72. The summed E-state index contributed by atoms with van der Waals surface area (Å²) < 4.78 is 5.90. The van der Waals surface area contributed by atoms with E-state index in [-0.39, 0.29) is 5.91 Å².